The molecular formula is C22H20ClN5O3. The number of fused-ring (bicyclic) bond motifs is 1. The highest BCUT2D eigenvalue weighted by molar-refractivity contribution is 6.30. The number of hydrogen-bond acceptors (Lipinski definition) is 5. The van der Waals surface area contributed by atoms with E-state index >= 15 is 0 Å². The van der Waals surface area contributed by atoms with Crippen LogP contribution in [0.25, 0.3) is 0 Å². The average Bonchev–Trinajstić information content (AvgIpc) is 2.73. The molecule has 2 amide bonds. The van der Waals surface area contributed by atoms with Gasteiger partial charge in [0, 0.05) is 22.8 Å². The number of nitrogens with zero attached hydrogens (tertiary/aromatic N) is 1. The summed E-state index contributed by atoms with van der Waals surface area (Å²) in [7, 11) is 0. The lowest BCUT2D eigenvalue weighted by atomic mass is 9.92. The van der Waals surface area contributed by atoms with Crippen molar-refractivity contribution in [1.82, 2.24) is 9.97 Å². The molecule has 158 valence electrons. The molecule has 1 aromatic heterocycles. The van der Waals surface area contributed by atoms with Gasteiger partial charge in [-0.1, -0.05) is 36.7 Å². The van der Waals surface area contributed by atoms with Crippen LogP contribution in [-0.4, -0.2) is 21.8 Å². The minimum Gasteiger partial charge on any atom is -0.326 e. The van der Waals surface area contributed by atoms with Crippen molar-refractivity contribution in [3.8, 4) is 0 Å². The summed E-state index contributed by atoms with van der Waals surface area (Å²) >= 11 is 5.98. The number of amides is 2. The van der Waals surface area contributed by atoms with Gasteiger partial charge in [-0.25, -0.2) is 0 Å². The van der Waals surface area contributed by atoms with E-state index in [1.807, 2.05) is 19.1 Å². The minimum atomic E-state index is -0.953. The number of anilines is 4. The van der Waals surface area contributed by atoms with Gasteiger partial charge in [0.2, 0.25) is 17.8 Å². The van der Waals surface area contributed by atoms with Gasteiger partial charge < -0.3 is 16.0 Å². The Bertz CT molecular complexity index is 1210. The Labute approximate surface area is 183 Å². The molecule has 8 nitrogen and oxygen atoms in total. The van der Waals surface area contributed by atoms with Crippen LogP contribution in [0.15, 0.2) is 53.3 Å². The third-order valence-electron chi connectivity index (χ3n) is 4.98. The number of nitrogens with one attached hydrogen (secondary N) is 4. The van der Waals surface area contributed by atoms with Crippen LogP contribution in [0.2, 0.25) is 5.02 Å². The fraction of sp³-hybridized carbons (Fsp3) is 0.182. The highest BCUT2D eigenvalue weighted by Gasteiger charge is 2.34. The van der Waals surface area contributed by atoms with E-state index in [0.29, 0.717) is 16.4 Å². The van der Waals surface area contributed by atoms with Gasteiger partial charge in [0.05, 0.1) is 11.5 Å². The van der Waals surface area contributed by atoms with Crippen LogP contribution >= 0.6 is 11.6 Å². The fourth-order valence-corrected chi connectivity index (χ4v) is 3.60. The Morgan fingerprint density at radius 3 is 2.65 bits per heavy atom. The standard InChI is InChI=1S/C22H20ClN5O3/c1-2-12-6-8-14(9-7-12)24-20(30)16-11-17(29)26-19-18(16)21(31)28-22(27-19)25-15-5-3-4-13(23)10-15/h3-10,16H,2,11H2,1H3,(H,24,30)(H3,25,26,27,28,29,31)/t16-/m0/s1. The molecule has 4 N–H and O–H groups in total. The molecule has 0 bridgehead atoms. The van der Waals surface area contributed by atoms with Gasteiger partial charge in [-0.05, 0) is 42.3 Å². The van der Waals surface area contributed by atoms with Crippen molar-refractivity contribution in [2.45, 2.75) is 25.7 Å². The molecule has 0 aliphatic carbocycles. The number of halogens is 1. The second kappa shape index (κ2) is 8.61. The largest absolute Gasteiger partial charge is 0.326 e. The van der Waals surface area contributed by atoms with Crippen molar-refractivity contribution in [3.63, 3.8) is 0 Å². The number of benzene rings is 2. The molecule has 0 radical (unpaired) electrons. The lowest BCUT2D eigenvalue weighted by Crippen LogP contribution is -2.36. The van der Waals surface area contributed by atoms with Crippen LogP contribution in [0.5, 0.6) is 0 Å². The maximum atomic E-state index is 12.9. The number of aromatic amines is 1. The number of H-pyrrole nitrogens is 1. The van der Waals surface area contributed by atoms with Crippen LogP contribution in [0.4, 0.5) is 23.1 Å². The summed E-state index contributed by atoms with van der Waals surface area (Å²) in [5, 5.41) is 8.83. The van der Waals surface area contributed by atoms with Gasteiger partial charge in [-0.15, -0.1) is 0 Å². The number of carbonyl (C=O) groups is 2. The van der Waals surface area contributed by atoms with Gasteiger partial charge in [0.15, 0.2) is 0 Å². The maximum Gasteiger partial charge on any atom is 0.258 e. The van der Waals surface area contributed by atoms with E-state index in [1.165, 1.54) is 0 Å². The van der Waals surface area contributed by atoms with Gasteiger partial charge in [-0.2, -0.15) is 4.98 Å². The molecule has 2 heterocycles. The summed E-state index contributed by atoms with van der Waals surface area (Å²) < 4.78 is 0. The van der Waals surface area contributed by atoms with Gasteiger partial charge in [0.25, 0.3) is 5.56 Å². The van der Waals surface area contributed by atoms with E-state index in [-0.39, 0.29) is 29.7 Å². The Morgan fingerprint density at radius 1 is 1.16 bits per heavy atom. The zero-order chi connectivity index (χ0) is 22.0. The minimum absolute atomic E-state index is 0.0611. The van der Waals surface area contributed by atoms with Crippen molar-refractivity contribution in [2.24, 2.45) is 0 Å². The first kappa shape index (κ1) is 20.6. The third kappa shape index (κ3) is 4.59. The average molecular weight is 438 g/mol. The second-order valence-corrected chi connectivity index (χ2v) is 7.59. The zero-order valence-electron chi connectivity index (χ0n) is 16.7. The van der Waals surface area contributed by atoms with E-state index < -0.39 is 17.4 Å². The quantitative estimate of drug-likeness (QED) is 0.484. The van der Waals surface area contributed by atoms with E-state index in [9.17, 15) is 14.4 Å². The lowest BCUT2D eigenvalue weighted by Gasteiger charge is -2.23. The van der Waals surface area contributed by atoms with Crippen molar-refractivity contribution >= 4 is 46.6 Å². The Morgan fingerprint density at radius 2 is 1.94 bits per heavy atom. The molecule has 0 saturated heterocycles. The SMILES string of the molecule is CCc1ccc(NC(=O)[C@H]2CC(=O)Nc3nc(Nc4cccc(Cl)c4)[nH]c(=O)c32)cc1. The summed E-state index contributed by atoms with van der Waals surface area (Å²) in [6.45, 7) is 2.04. The van der Waals surface area contributed by atoms with Crippen LogP contribution in [-0.2, 0) is 16.0 Å². The van der Waals surface area contributed by atoms with Crippen LogP contribution in [0.3, 0.4) is 0 Å². The Balaban J connectivity index is 1.61. The normalized spacial score (nSPS) is 15.0. The monoisotopic (exact) mass is 437 g/mol. The molecule has 3 aromatic rings. The topological polar surface area (TPSA) is 116 Å². The first-order valence-electron chi connectivity index (χ1n) is 9.79. The summed E-state index contributed by atoms with van der Waals surface area (Å²) in [5.41, 5.74) is 1.97. The first-order chi connectivity index (χ1) is 14.9. The Hall–Kier alpha value is -3.65. The molecule has 31 heavy (non-hydrogen) atoms. The first-order valence-corrected chi connectivity index (χ1v) is 10.2. The zero-order valence-corrected chi connectivity index (χ0v) is 17.4. The van der Waals surface area contributed by atoms with Crippen molar-refractivity contribution in [2.75, 3.05) is 16.0 Å². The molecule has 1 aliphatic heterocycles. The highest BCUT2D eigenvalue weighted by atomic mass is 35.5. The Kier molecular flexibility index (Phi) is 5.73. The molecule has 0 saturated carbocycles. The summed E-state index contributed by atoms with van der Waals surface area (Å²) in [6, 6.07) is 14.3. The van der Waals surface area contributed by atoms with Crippen LogP contribution in [0.1, 0.15) is 30.4 Å². The number of aromatic nitrogens is 2. The summed E-state index contributed by atoms with van der Waals surface area (Å²) in [5.74, 6) is -1.59. The van der Waals surface area contributed by atoms with Crippen molar-refractivity contribution < 1.29 is 9.59 Å². The number of aryl methyl sites for hydroxylation is 1. The molecule has 0 unspecified atom stereocenters. The van der Waals surface area contributed by atoms with Crippen LogP contribution < -0.4 is 21.5 Å². The van der Waals surface area contributed by atoms with E-state index in [2.05, 4.69) is 25.9 Å². The summed E-state index contributed by atoms with van der Waals surface area (Å²) in [6.07, 6.45) is 0.745. The second-order valence-electron chi connectivity index (χ2n) is 7.16. The highest BCUT2D eigenvalue weighted by Crippen LogP contribution is 2.30. The number of carbonyl (C=O) groups excluding carboxylic acids is 2. The van der Waals surface area contributed by atoms with Gasteiger partial charge >= 0.3 is 0 Å². The molecule has 0 spiro atoms. The van der Waals surface area contributed by atoms with Crippen molar-refractivity contribution in [3.05, 3.63) is 75.0 Å². The number of hydrogen-bond donors (Lipinski definition) is 4. The molecule has 1 atom stereocenters. The molecular weight excluding hydrogens is 418 g/mol. The molecule has 1 aliphatic rings. The predicted octanol–water partition coefficient (Wildman–Crippen LogP) is 3.79. The van der Waals surface area contributed by atoms with Gasteiger partial charge in [0.1, 0.15) is 5.82 Å². The maximum absolute atomic E-state index is 12.9. The number of rotatable bonds is 5. The van der Waals surface area contributed by atoms with E-state index in [0.717, 1.165) is 12.0 Å². The third-order valence-corrected chi connectivity index (χ3v) is 5.22. The van der Waals surface area contributed by atoms with Gasteiger partial charge in [-0.3, -0.25) is 19.4 Å². The molecule has 9 heteroatoms. The molecule has 2 aromatic carbocycles. The fourth-order valence-electron chi connectivity index (χ4n) is 3.41. The van der Waals surface area contributed by atoms with Crippen molar-refractivity contribution in [1.29, 1.82) is 0 Å². The molecule has 4 rings (SSSR count). The lowest BCUT2D eigenvalue weighted by molar-refractivity contribution is -0.123. The molecule has 0 fully saturated rings. The van der Waals surface area contributed by atoms with Crippen LogP contribution in [0, 0.1) is 0 Å². The predicted molar refractivity (Wildman–Crippen MR) is 120 cm³/mol. The van der Waals surface area contributed by atoms with E-state index in [4.69, 9.17) is 11.6 Å². The smallest absolute Gasteiger partial charge is 0.258 e. The van der Waals surface area contributed by atoms with E-state index in [1.54, 1.807) is 36.4 Å². The summed E-state index contributed by atoms with van der Waals surface area (Å²) in [4.78, 5) is 44.8.